The fraction of sp³-hybridized carbons (Fsp3) is 0.0833. The van der Waals surface area contributed by atoms with Gasteiger partial charge in [0.2, 0.25) is 0 Å². The first-order chi connectivity index (χ1) is 7.65. The highest BCUT2D eigenvalue weighted by Crippen LogP contribution is 2.34. The molecule has 0 spiro atoms. The maximum Gasteiger partial charge on any atom is 0.133 e. The van der Waals surface area contributed by atoms with Gasteiger partial charge in [-0.2, -0.15) is 0 Å². The number of hydrogen-bond donors (Lipinski definition) is 0. The Kier molecular flexibility index (Phi) is 2.83. The van der Waals surface area contributed by atoms with E-state index in [-0.39, 0.29) is 5.56 Å². The maximum absolute atomic E-state index is 10.9. The first-order valence-corrected chi connectivity index (χ1v) is 5.41. The van der Waals surface area contributed by atoms with E-state index in [1.165, 1.54) is 6.07 Å². The average molecular weight is 280 g/mol. The van der Waals surface area contributed by atoms with Gasteiger partial charge in [0.05, 0.1) is 17.6 Å². The van der Waals surface area contributed by atoms with E-state index in [4.69, 9.17) is 4.74 Å². The van der Waals surface area contributed by atoms with Gasteiger partial charge in [-0.25, -0.2) is 0 Å². The third-order valence-electron chi connectivity index (χ3n) is 2.40. The van der Waals surface area contributed by atoms with Crippen molar-refractivity contribution in [2.24, 2.45) is 0 Å². The Morgan fingerprint density at radius 1 is 1.25 bits per heavy atom. The van der Waals surface area contributed by atoms with Crippen molar-refractivity contribution in [1.29, 1.82) is 0 Å². The van der Waals surface area contributed by atoms with Gasteiger partial charge in [-0.15, -0.1) is 0 Å². The van der Waals surface area contributed by atoms with Gasteiger partial charge in [-0.1, -0.05) is 18.2 Å². The minimum absolute atomic E-state index is 0.181. The van der Waals surface area contributed by atoms with Crippen LogP contribution in [0.5, 0.6) is 5.75 Å². The van der Waals surface area contributed by atoms with E-state index in [1.807, 2.05) is 6.07 Å². The molecule has 3 nitrogen and oxygen atoms in total. The van der Waals surface area contributed by atoms with Gasteiger partial charge in [0.25, 0.3) is 0 Å². The number of methoxy groups -OCH3 is 1. The second kappa shape index (κ2) is 4.14. The molecule has 0 heterocycles. The lowest BCUT2D eigenvalue weighted by atomic mass is 10.0. The Morgan fingerprint density at radius 2 is 2.00 bits per heavy atom. The van der Waals surface area contributed by atoms with Crippen LogP contribution in [-0.2, 0) is 0 Å². The lowest BCUT2D eigenvalue weighted by Crippen LogP contribution is -2.22. The number of hydrogen-bond acceptors (Lipinski definition) is 3. The van der Waals surface area contributed by atoms with E-state index in [9.17, 15) is 9.90 Å². The summed E-state index contributed by atoms with van der Waals surface area (Å²) in [6, 6.07) is 8.46. The van der Waals surface area contributed by atoms with E-state index in [1.54, 1.807) is 25.3 Å². The van der Waals surface area contributed by atoms with Crippen LogP contribution in [0.25, 0.3) is 10.8 Å². The number of fused-ring (bicyclic) bond motifs is 1. The molecule has 0 aromatic heterocycles. The zero-order valence-electron chi connectivity index (χ0n) is 8.49. The summed E-state index contributed by atoms with van der Waals surface area (Å²) in [5.41, 5.74) is 0.181. The van der Waals surface area contributed by atoms with Crippen LogP contribution in [0.1, 0.15) is 10.4 Å². The summed E-state index contributed by atoms with van der Waals surface area (Å²) in [7, 11) is 1.56. The lowest BCUT2D eigenvalue weighted by molar-refractivity contribution is -0.254. The number of carboxylic acids is 1. The summed E-state index contributed by atoms with van der Waals surface area (Å²) < 4.78 is 5.89. The van der Waals surface area contributed by atoms with Gasteiger partial charge in [0.1, 0.15) is 5.75 Å². The zero-order chi connectivity index (χ0) is 11.7. The fourth-order valence-electron chi connectivity index (χ4n) is 1.64. The van der Waals surface area contributed by atoms with Gasteiger partial charge in [0, 0.05) is 10.9 Å². The Morgan fingerprint density at radius 3 is 2.62 bits per heavy atom. The molecule has 16 heavy (non-hydrogen) atoms. The quantitative estimate of drug-likeness (QED) is 0.845. The predicted molar refractivity (Wildman–Crippen MR) is 62.5 cm³/mol. The largest absolute Gasteiger partial charge is 0.545 e. The molecule has 4 heteroatoms. The molecule has 0 unspecified atom stereocenters. The number of benzene rings is 2. The normalized spacial score (nSPS) is 10.4. The van der Waals surface area contributed by atoms with E-state index >= 15 is 0 Å². The van der Waals surface area contributed by atoms with Crippen molar-refractivity contribution in [3.8, 4) is 5.75 Å². The molecular formula is C12H8BrO3-. The van der Waals surface area contributed by atoms with Crippen LogP contribution >= 0.6 is 15.9 Å². The third-order valence-corrected chi connectivity index (χ3v) is 3.22. The van der Waals surface area contributed by atoms with Gasteiger partial charge in [-0.3, -0.25) is 0 Å². The molecule has 0 atom stereocenters. The minimum atomic E-state index is -1.18. The molecule has 0 saturated heterocycles. The molecule has 2 rings (SSSR count). The van der Waals surface area contributed by atoms with E-state index in [0.29, 0.717) is 11.1 Å². The van der Waals surface area contributed by atoms with Gasteiger partial charge in [0.15, 0.2) is 0 Å². The van der Waals surface area contributed by atoms with Gasteiger partial charge in [-0.05, 0) is 33.4 Å². The molecule has 0 radical (unpaired) electrons. The molecule has 0 bridgehead atoms. The van der Waals surface area contributed by atoms with E-state index < -0.39 is 5.97 Å². The second-order valence-electron chi connectivity index (χ2n) is 3.27. The summed E-state index contributed by atoms with van der Waals surface area (Å²) in [6.45, 7) is 0. The standard InChI is InChI=1S/C12H9BrO3/c1-16-10-6-5-7-8(11(10)13)3-2-4-9(7)12(14)15/h2-6H,1H3,(H,14,15)/p-1. The van der Waals surface area contributed by atoms with Crippen LogP contribution in [0, 0.1) is 0 Å². The maximum atomic E-state index is 10.9. The van der Waals surface area contributed by atoms with Crippen LogP contribution in [0.3, 0.4) is 0 Å². The van der Waals surface area contributed by atoms with Crippen molar-refractivity contribution < 1.29 is 14.6 Å². The van der Waals surface area contributed by atoms with Crippen molar-refractivity contribution in [3.05, 3.63) is 40.4 Å². The number of ether oxygens (including phenoxy) is 1. The highest BCUT2D eigenvalue weighted by Gasteiger charge is 2.08. The van der Waals surface area contributed by atoms with Crippen molar-refractivity contribution in [1.82, 2.24) is 0 Å². The molecule has 0 amide bonds. The monoisotopic (exact) mass is 279 g/mol. The van der Waals surface area contributed by atoms with E-state index in [0.717, 1.165) is 9.86 Å². The number of carbonyl (C=O) groups is 1. The smallest absolute Gasteiger partial charge is 0.133 e. The first kappa shape index (κ1) is 11.0. The van der Waals surface area contributed by atoms with Crippen molar-refractivity contribution >= 4 is 32.7 Å². The van der Waals surface area contributed by atoms with Crippen LogP contribution in [-0.4, -0.2) is 13.1 Å². The van der Waals surface area contributed by atoms with Crippen molar-refractivity contribution in [2.75, 3.05) is 7.11 Å². The topological polar surface area (TPSA) is 49.4 Å². The average Bonchev–Trinajstić information content (AvgIpc) is 2.29. The minimum Gasteiger partial charge on any atom is -0.545 e. The molecule has 0 N–H and O–H groups in total. The SMILES string of the molecule is COc1ccc2c(C(=O)[O-])cccc2c1Br. The summed E-state index contributed by atoms with van der Waals surface area (Å²) >= 11 is 3.39. The molecule has 0 aliphatic heterocycles. The Bertz CT molecular complexity index is 563. The third kappa shape index (κ3) is 1.65. The van der Waals surface area contributed by atoms with Crippen LogP contribution < -0.4 is 9.84 Å². The van der Waals surface area contributed by atoms with E-state index in [2.05, 4.69) is 15.9 Å². The molecule has 2 aromatic carbocycles. The van der Waals surface area contributed by atoms with Gasteiger partial charge >= 0.3 is 0 Å². The number of halogens is 1. The molecule has 0 aliphatic carbocycles. The molecule has 82 valence electrons. The summed E-state index contributed by atoms with van der Waals surface area (Å²) in [5.74, 6) is -0.509. The lowest BCUT2D eigenvalue weighted by Gasteiger charge is -2.10. The molecule has 0 fully saturated rings. The highest BCUT2D eigenvalue weighted by molar-refractivity contribution is 9.10. The highest BCUT2D eigenvalue weighted by atomic mass is 79.9. The second-order valence-corrected chi connectivity index (χ2v) is 4.06. The Balaban J connectivity index is 2.82. The molecular weight excluding hydrogens is 272 g/mol. The van der Waals surface area contributed by atoms with Crippen LogP contribution in [0.4, 0.5) is 0 Å². The van der Waals surface area contributed by atoms with Crippen LogP contribution in [0.15, 0.2) is 34.8 Å². The molecule has 0 aliphatic rings. The summed E-state index contributed by atoms with van der Waals surface area (Å²) in [4.78, 5) is 10.9. The zero-order valence-corrected chi connectivity index (χ0v) is 10.1. The number of rotatable bonds is 2. The summed E-state index contributed by atoms with van der Waals surface area (Å²) in [5, 5.41) is 12.4. The van der Waals surface area contributed by atoms with Gasteiger partial charge < -0.3 is 14.6 Å². The summed E-state index contributed by atoms with van der Waals surface area (Å²) in [6.07, 6.45) is 0. The Labute approximate surface area is 101 Å². The van der Waals surface area contributed by atoms with Crippen molar-refractivity contribution in [3.63, 3.8) is 0 Å². The van der Waals surface area contributed by atoms with Crippen LogP contribution in [0.2, 0.25) is 0 Å². The predicted octanol–water partition coefficient (Wildman–Crippen LogP) is 1.97. The fourth-order valence-corrected chi connectivity index (χ4v) is 2.28. The van der Waals surface area contributed by atoms with Crippen molar-refractivity contribution in [2.45, 2.75) is 0 Å². The first-order valence-electron chi connectivity index (χ1n) is 4.61. The number of aromatic carboxylic acids is 1. The molecule has 0 saturated carbocycles. The molecule has 2 aromatic rings. The number of carbonyl (C=O) groups excluding carboxylic acids is 1. The Hall–Kier alpha value is -1.55. The number of carboxylic acid groups (broad SMARTS) is 1.